The molecule has 24 heavy (non-hydrogen) atoms. The maximum Gasteiger partial charge on any atom is 0.255 e. The van der Waals surface area contributed by atoms with E-state index in [-0.39, 0.29) is 28.7 Å². The summed E-state index contributed by atoms with van der Waals surface area (Å²) in [7, 11) is -2.89. The molecule has 1 heterocycles. The number of fused-ring (bicyclic) bond motifs is 1. The predicted octanol–water partition coefficient (Wildman–Crippen LogP) is 1.01. The number of carbonyl (C=O) groups is 1. The SMILES string of the molecule is O=C(NCCN1CCS(=O)(=O)CC1)c1cc2ccccc2cc1O. The molecule has 128 valence electrons. The number of rotatable bonds is 4. The molecule has 0 atom stereocenters. The zero-order chi connectivity index (χ0) is 17.2. The maximum absolute atomic E-state index is 12.3. The van der Waals surface area contributed by atoms with Gasteiger partial charge in [0, 0.05) is 26.2 Å². The molecule has 3 rings (SSSR count). The van der Waals surface area contributed by atoms with Crippen LogP contribution in [0.15, 0.2) is 36.4 Å². The Morgan fingerprint density at radius 3 is 2.42 bits per heavy atom. The van der Waals surface area contributed by atoms with Crippen molar-refractivity contribution in [1.82, 2.24) is 10.2 Å². The minimum absolute atomic E-state index is 0.0461. The number of nitrogens with zero attached hydrogens (tertiary/aromatic N) is 1. The number of carbonyl (C=O) groups excluding carboxylic acids is 1. The van der Waals surface area contributed by atoms with Gasteiger partial charge in [-0.05, 0) is 22.9 Å². The molecule has 0 radical (unpaired) electrons. The lowest BCUT2D eigenvalue weighted by Gasteiger charge is -2.26. The lowest BCUT2D eigenvalue weighted by atomic mass is 10.1. The summed E-state index contributed by atoms with van der Waals surface area (Å²) < 4.78 is 22.8. The highest BCUT2D eigenvalue weighted by atomic mass is 32.2. The third-order valence-electron chi connectivity index (χ3n) is 4.26. The summed E-state index contributed by atoms with van der Waals surface area (Å²) in [6, 6.07) is 10.8. The Balaban J connectivity index is 1.58. The van der Waals surface area contributed by atoms with Crippen LogP contribution in [0, 0.1) is 0 Å². The summed E-state index contributed by atoms with van der Waals surface area (Å²) in [6.07, 6.45) is 0. The monoisotopic (exact) mass is 348 g/mol. The Morgan fingerprint density at radius 1 is 1.12 bits per heavy atom. The Morgan fingerprint density at radius 2 is 1.75 bits per heavy atom. The van der Waals surface area contributed by atoms with Crippen molar-refractivity contribution in [2.24, 2.45) is 0 Å². The van der Waals surface area contributed by atoms with E-state index >= 15 is 0 Å². The molecule has 0 aromatic heterocycles. The molecule has 1 fully saturated rings. The van der Waals surface area contributed by atoms with Gasteiger partial charge >= 0.3 is 0 Å². The van der Waals surface area contributed by atoms with E-state index in [9.17, 15) is 18.3 Å². The van der Waals surface area contributed by atoms with E-state index < -0.39 is 9.84 Å². The summed E-state index contributed by atoms with van der Waals surface area (Å²) in [6.45, 7) is 2.00. The molecule has 1 amide bonds. The van der Waals surface area contributed by atoms with Crippen molar-refractivity contribution in [2.75, 3.05) is 37.7 Å². The molecule has 0 bridgehead atoms. The van der Waals surface area contributed by atoms with Crippen LogP contribution in [-0.4, -0.2) is 62.0 Å². The third-order valence-corrected chi connectivity index (χ3v) is 5.87. The van der Waals surface area contributed by atoms with Crippen molar-refractivity contribution in [3.63, 3.8) is 0 Å². The number of hydrogen-bond donors (Lipinski definition) is 2. The fourth-order valence-corrected chi connectivity index (χ4v) is 4.08. The topological polar surface area (TPSA) is 86.7 Å². The van der Waals surface area contributed by atoms with Crippen LogP contribution in [0.2, 0.25) is 0 Å². The van der Waals surface area contributed by atoms with Crippen LogP contribution < -0.4 is 5.32 Å². The predicted molar refractivity (Wildman–Crippen MR) is 93.0 cm³/mol. The van der Waals surface area contributed by atoms with Crippen LogP contribution in [0.3, 0.4) is 0 Å². The molecule has 7 heteroatoms. The highest BCUT2D eigenvalue weighted by Gasteiger charge is 2.21. The average Bonchev–Trinajstić information content (AvgIpc) is 2.55. The molecular weight excluding hydrogens is 328 g/mol. The Bertz CT molecular complexity index is 850. The molecule has 0 saturated carbocycles. The van der Waals surface area contributed by atoms with Gasteiger partial charge in [0.2, 0.25) is 0 Å². The molecule has 0 aliphatic carbocycles. The standard InChI is InChI=1S/C17H20N2O4S/c20-16-12-14-4-2-1-3-13(14)11-15(16)17(21)18-5-6-19-7-9-24(22,23)10-8-19/h1-4,11-12,20H,5-10H2,(H,18,21). The van der Waals surface area contributed by atoms with Crippen LogP contribution in [-0.2, 0) is 9.84 Å². The van der Waals surface area contributed by atoms with Crippen molar-refractivity contribution in [2.45, 2.75) is 0 Å². The normalized spacial score (nSPS) is 17.7. The second-order valence-corrected chi connectivity index (χ2v) is 8.27. The van der Waals surface area contributed by atoms with E-state index in [0.717, 1.165) is 10.8 Å². The average molecular weight is 348 g/mol. The van der Waals surface area contributed by atoms with Gasteiger partial charge in [0.05, 0.1) is 17.1 Å². The molecular formula is C17H20N2O4S. The first kappa shape index (κ1) is 16.7. The Hall–Kier alpha value is -2.12. The minimum Gasteiger partial charge on any atom is -0.507 e. The number of phenolic OH excluding ortho intramolecular Hbond substituents is 1. The number of phenols is 1. The second kappa shape index (κ2) is 6.78. The van der Waals surface area contributed by atoms with Crippen LogP contribution >= 0.6 is 0 Å². The Labute approximate surface area is 141 Å². The fourth-order valence-electron chi connectivity index (χ4n) is 2.81. The Kier molecular flexibility index (Phi) is 4.73. The molecule has 6 nitrogen and oxygen atoms in total. The highest BCUT2D eigenvalue weighted by molar-refractivity contribution is 7.91. The van der Waals surface area contributed by atoms with E-state index in [2.05, 4.69) is 5.32 Å². The van der Waals surface area contributed by atoms with E-state index in [1.54, 1.807) is 12.1 Å². The number of aromatic hydroxyl groups is 1. The molecule has 1 aliphatic rings. The molecule has 2 aromatic rings. The number of hydrogen-bond acceptors (Lipinski definition) is 5. The molecule has 1 saturated heterocycles. The second-order valence-electron chi connectivity index (χ2n) is 5.97. The number of benzene rings is 2. The quantitative estimate of drug-likeness (QED) is 0.861. The van der Waals surface area contributed by atoms with Crippen LogP contribution in [0.4, 0.5) is 0 Å². The lowest BCUT2D eigenvalue weighted by Crippen LogP contribution is -2.43. The van der Waals surface area contributed by atoms with Gasteiger partial charge in [-0.15, -0.1) is 0 Å². The van der Waals surface area contributed by atoms with Crippen LogP contribution in [0.1, 0.15) is 10.4 Å². The minimum atomic E-state index is -2.89. The molecule has 0 spiro atoms. The summed E-state index contributed by atoms with van der Waals surface area (Å²) in [5.74, 6) is -0.0307. The van der Waals surface area contributed by atoms with Crippen molar-refractivity contribution in [3.8, 4) is 5.75 Å². The van der Waals surface area contributed by atoms with E-state index in [4.69, 9.17) is 0 Å². The van der Waals surface area contributed by atoms with Crippen LogP contribution in [0.5, 0.6) is 5.75 Å². The van der Waals surface area contributed by atoms with Crippen molar-refractivity contribution in [1.29, 1.82) is 0 Å². The molecule has 1 aliphatic heterocycles. The zero-order valence-corrected chi connectivity index (χ0v) is 14.1. The number of sulfone groups is 1. The maximum atomic E-state index is 12.3. The summed E-state index contributed by atoms with van der Waals surface area (Å²) in [4.78, 5) is 14.3. The zero-order valence-electron chi connectivity index (χ0n) is 13.2. The first-order valence-electron chi connectivity index (χ1n) is 7.87. The summed E-state index contributed by atoms with van der Waals surface area (Å²) in [5.41, 5.74) is 0.245. The lowest BCUT2D eigenvalue weighted by molar-refractivity contribution is 0.0946. The van der Waals surface area contributed by atoms with E-state index in [1.807, 2.05) is 29.2 Å². The van der Waals surface area contributed by atoms with Crippen molar-refractivity contribution >= 4 is 26.5 Å². The highest BCUT2D eigenvalue weighted by Crippen LogP contribution is 2.24. The van der Waals surface area contributed by atoms with Crippen molar-refractivity contribution < 1.29 is 18.3 Å². The van der Waals surface area contributed by atoms with Gasteiger partial charge in [0.25, 0.3) is 5.91 Å². The van der Waals surface area contributed by atoms with Gasteiger partial charge < -0.3 is 10.4 Å². The van der Waals surface area contributed by atoms with E-state index in [0.29, 0.717) is 26.2 Å². The van der Waals surface area contributed by atoms with Crippen molar-refractivity contribution in [3.05, 3.63) is 42.0 Å². The summed E-state index contributed by atoms with van der Waals surface area (Å²) in [5, 5.41) is 14.6. The molecule has 2 N–H and O–H groups in total. The van der Waals surface area contributed by atoms with Gasteiger partial charge in [-0.3, -0.25) is 9.69 Å². The first-order chi connectivity index (χ1) is 11.4. The van der Waals surface area contributed by atoms with Gasteiger partial charge in [0.15, 0.2) is 9.84 Å². The summed E-state index contributed by atoms with van der Waals surface area (Å²) >= 11 is 0. The fraction of sp³-hybridized carbons (Fsp3) is 0.353. The van der Waals surface area contributed by atoms with Gasteiger partial charge in [-0.25, -0.2) is 8.42 Å². The third kappa shape index (κ3) is 3.85. The van der Waals surface area contributed by atoms with Crippen LogP contribution in [0.25, 0.3) is 10.8 Å². The van der Waals surface area contributed by atoms with Gasteiger partial charge in [-0.1, -0.05) is 24.3 Å². The number of nitrogens with one attached hydrogen (secondary N) is 1. The molecule has 0 unspecified atom stereocenters. The van der Waals surface area contributed by atoms with Gasteiger partial charge in [0.1, 0.15) is 5.75 Å². The van der Waals surface area contributed by atoms with Gasteiger partial charge in [-0.2, -0.15) is 0 Å². The molecule has 2 aromatic carbocycles. The number of amides is 1. The smallest absolute Gasteiger partial charge is 0.255 e. The first-order valence-corrected chi connectivity index (χ1v) is 9.69. The largest absolute Gasteiger partial charge is 0.507 e. The van der Waals surface area contributed by atoms with E-state index in [1.165, 1.54) is 0 Å².